The largest absolute Gasteiger partial charge is 0.298 e. The molecule has 0 aliphatic carbocycles. The van der Waals surface area contributed by atoms with Crippen LogP contribution in [0, 0.1) is 0 Å². The highest BCUT2D eigenvalue weighted by molar-refractivity contribution is 7.98. The molecule has 0 fully saturated rings. The molecular formula is C14H11ClOS. The number of hydrogen-bond acceptors (Lipinski definition) is 2. The number of aldehydes is 1. The topological polar surface area (TPSA) is 17.1 Å². The van der Waals surface area contributed by atoms with Crippen molar-refractivity contribution < 1.29 is 4.79 Å². The van der Waals surface area contributed by atoms with Crippen LogP contribution in [-0.4, -0.2) is 6.29 Å². The first-order valence-corrected chi connectivity index (χ1v) is 6.57. The van der Waals surface area contributed by atoms with Gasteiger partial charge in [0.25, 0.3) is 0 Å². The predicted molar refractivity (Wildman–Crippen MR) is 72.8 cm³/mol. The van der Waals surface area contributed by atoms with Crippen LogP contribution in [0.3, 0.4) is 0 Å². The van der Waals surface area contributed by atoms with Gasteiger partial charge in [-0.2, -0.15) is 0 Å². The highest BCUT2D eigenvalue weighted by atomic mass is 35.5. The summed E-state index contributed by atoms with van der Waals surface area (Å²) < 4.78 is 0. The molecule has 0 unspecified atom stereocenters. The van der Waals surface area contributed by atoms with Crippen molar-refractivity contribution >= 4 is 29.6 Å². The molecule has 0 aliphatic heterocycles. The molecular weight excluding hydrogens is 252 g/mol. The molecule has 0 heterocycles. The summed E-state index contributed by atoms with van der Waals surface area (Å²) in [6.45, 7) is 0. The summed E-state index contributed by atoms with van der Waals surface area (Å²) in [5.74, 6) is 0.835. The van der Waals surface area contributed by atoms with Crippen LogP contribution in [0.5, 0.6) is 0 Å². The van der Waals surface area contributed by atoms with Gasteiger partial charge in [-0.3, -0.25) is 4.79 Å². The first-order chi connectivity index (χ1) is 8.29. The van der Waals surface area contributed by atoms with Crippen LogP contribution < -0.4 is 0 Å². The van der Waals surface area contributed by atoms with E-state index in [1.807, 2.05) is 24.3 Å². The molecule has 0 amide bonds. The molecule has 0 bridgehead atoms. The van der Waals surface area contributed by atoms with Crippen molar-refractivity contribution in [3.05, 3.63) is 64.7 Å². The lowest BCUT2D eigenvalue weighted by Gasteiger charge is -2.05. The number of carbonyl (C=O) groups is 1. The third kappa shape index (κ3) is 3.35. The van der Waals surface area contributed by atoms with E-state index >= 15 is 0 Å². The van der Waals surface area contributed by atoms with E-state index in [2.05, 4.69) is 12.1 Å². The van der Waals surface area contributed by atoms with Crippen LogP contribution in [0.1, 0.15) is 15.9 Å². The first kappa shape index (κ1) is 12.2. The fourth-order valence-corrected chi connectivity index (χ4v) is 2.71. The summed E-state index contributed by atoms with van der Waals surface area (Å²) in [5.41, 5.74) is 1.92. The lowest BCUT2D eigenvalue weighted by Crippen LogP contribution is -1.86. The first-order valence-electron chi connectivity index (χ1n) is 5.21. The molecule has 3 heteroatoms. The van der Waals surface area contributed by atoms with E-state index in [1.165, 1.54) is 5.56 Å². The summed E-state index contributed by atoms with van der Waals surface area (Å²) in [6.07, 6.45) is 0.865. The van der Waals surface area contributed by atoms with E-state index < -0.39 is 0 Å². The second kappa shape index (κ2) is 5.89. The Kier molecular flexibility index (Phi) is 4.24. The molecule has 86 valence electrons. The van der Waals surface area contributed by atoms with Gasteiger partial charge in [-0.05, 0) is 23.8 Å². The third-order valence-electron chi connectivity index (χ3n) is 2.34. The minimum absolute atomic E-state index is 0.658. The van der Waals surface area contributed by atoms with Gasteiger partial charge in [-0.25, -0.2) is 0 Å². The number of carbonyl (C=O) groups excluding carboxylic acids is 1. The van der Waals surface area contributed by atoms with Gasteiger partial charge in [0, 0.05) is 21.2 Å². The zero-order chi connectivity index (χ0) is 12.1. The van der Waals surface area contributed by atoms with Crippen molar-refractivity contribution in [2.24, 2.45) is 0 Å². The Hall–Kier alpha value is -1.25. The van der Waals surface area contributed by atoms with E-state index in [-0.39, 0.29) is 0 Å². The van der Waals surface area contributed by atoms with E-state index in [4.69, 9.17) is 11.6 Å². The van der Waals surface area contributed by atoms with Crippen LogP contribution >= 0.6 is 23.4 Å². The van der Waals surface area contributed by atoms with Gasteiger partial charge in [0.05, 0.1) is 0 Å². The minimum Gasteiger partial charge on any atom is -0.298 e. The van der Waals surface area contributed by atoms with Crippen LogP contribution in [0.4, 0.5) is 0 Å². The molecule has 0 atom stereocenters. The molecule has 2 aromatic rings. The monoisotopic (exact) mass is 262 g/mol. The van der Waals surface area contributed by atoms with Crippen molar-refractivity contribution in [1.29, 1.82) is 0 Å². The van der Waals surface area contributed by atoms with Crippen LogP contribution in [0.2, 0.25) is 5.02 Å². The normalized spacial score (nSPS) is 10.2. The number of hydrogen-bond donors (Lipinski definition) is 0. The van der Waals surface area contributed by atoms with Crippen molar-refractivity contribution in [3.63, 3.8) is 0 Å². The highest BCUT2D eigenvalue weighted by Gasteiger charge is 2.03. The molecule has 0 aromatic heterocycles. The van der Waals surface area contributed by atoms with Crippen molar-refractivity contribution in [2.45, 2.75) is 10.6 Å². The molecule has 0 aliphatic rings. The van der Waals surface area contributed by atoms with Gasteiger partial charge in [-0.1, -0.05) is 41.9 Å². The summed E-state index contributed by atoms with van der Waals surface area (Å²) in [4.78, 5) is 11.8. The lowest BCUT2D eigenvalue weighted by molar-refractivity contribution is 0.112. The van der Waals surface area contributed by atoms with Crippen LogP contribution in [0.15, 0.2) is 53.4 Å². The molecule has 1 nitrogen and oxygen atoms in total. The fraction of sp³-hybridized carbons (Fsp3) is 0.0714. The zero-order valence-electron chi connectivity index (χ0n) is 9.10. The van der Waals surface area contributed by atoms with Gasteiger partial charge in [-0.15, -0.1) is 11.8 Å². The van der Waals surface area contributed by atoms with Crippen LogP contribution in [0.25, 0.3) is 0 Å². The van der Waals surface area contributed by atoms with E-state index in [1.54, 1.807) is 23.9 Å². The van der Waals surface area contributed by atoms with Gasteiger partial charge in [0.1, 0.15) is 0 Å². The number of thioether (sulfide) groups is 1. The lowest BCUT2D eigenvalue weighted by atomic mass is 10.2. The Balaban J connectivity index is 2.13. The average Bonchev–Trinajstić information content (AvgIpc) is 2.38. The fourth-order valence-electron chi connectivity index (χ4n) is 1.47. The standard InChI is InChI=1S/C14H11ClOS/c15-13-7-6-12(9-16)14(8-13)17-10-11-4-2-1-3-5-11/h1-9H,10H2. The second-order valence-electron chi connectivity index (χ2n) is 3.57. The molecule has 0 saturated carbocycles. The summed E-state index contributed by atoms with van der Waals surface area (Å²) in [6, 6.07) is 15.5. The van der Waals surface area contributed by atoms with E-state index in [9.17, 15) is 4.79 Å². The number of halogens is 1. The Morgan fingerprint density at radius 3 is 2.59 bits per heavy atom. The smallest absolute Gasteiger partial charge is 0.151 e. The highest BCUT2D eigenvalue weighted by Crippen LogP contribution is 2.28. The summed E-state index contributed by atoms with van der Waals surface area (Å²) >= 11 is 7.55. The maximum Gasteiger partial charge on any atom is 0.151 e. The molecule has 0 N–H and O–H groups in total. The maximum atomic E-state index is 10.9. The molecule has 2 rings (SSSR count). The van der Waals surface area contributed by atoms with Crippen LogP contribution in [-0.2, 0) is 5.75 Å². The molecule has 17 heavy (non-hydrogen) atoms. The quantitative estimate of drug-likeness (QED) is 0.598. The van der Waals surface area contributed by atoms with Crippen molar-refractivity contribution in [1.82, 2.24) is 0 Å². The minimum atomic E-state index is 0.658. The third-order valence-corrected chi connectivity index (χ3v) is 3.72. The maximum absolute atomic E-state index is 10.9. The predicted octanol–water partition coefficient (Wildman–Crippen LogP) is 4.44. The van der Waals surface area contributed by atoms with Gasteiger partial charge in [0.15, 0.2) is 6.29 Å². The molecule has 0 radical (unpaired) electrons. The Morgan fingerprint density at radius 1 is 1.12 bits per heavy atom. The average molecular weight is 263 g/mol. The van der Waals surface area contributed by atoms with Crippen molar-refractivity contribution in [2.75, 3.05) is 0 Å². The van der Waals surface area contributed by atoms with E-state index in [0.717, 1.165) is 16.9 Å². The Bertz CT molecular complexity index is 511. The second-order valence-corrected chi connectivity index (χ2v) is 5.03. The summed E-state index contributed by atoms with van der Waals surface area (Å²) in [5, 5.41) is 0.658. The Morgan fingerprint density at radius 2 is 1.88 bits per heavy atom. The van der Waals surface area contributed by atoms with Crippen molar-refractivity contribution in [3.8, 4) is 0 Å². The summed E-state index contributed by atoms with van der Waals surface area (Å²) in [7, 11) is 0. The van der Waals surface area contributed by atoms with Gasteiger partial charge in [0.2, 0.25) is 0 Å². The molecule has 0 saturated heterocycles. The van der Waals surface area contributed by atoms with Gasteiger partial charge < -0.3 is 0 Å². The van der Waals surface area contributed by atoms with Gasteiger partial charge >= 0.3 is 0 Å². The Labute approximate surface area is 110 Å². The SMILES string of the molecule is O=Cc1ccc(Cl)cc1SCc1ccccc1. The zero-order valence-corrected chi connectivity index (χ0v) is 10.7. The molecule has 2 aromatic carbocycles. The number of benzene rings is 2. The number of rotatable bonds is 4. The van der Waals surface area contributed by atoms with E-state index in [0.29, 0.717) is 10.6 Å². The molecule has 0 spiro atoms.